The molecule has 180 valence electrons. The van der Waals surface area contributed by atoms with Gasteiger partial charge in [0.25, 0.3) is 10.0 Å². The van der Waals surface area contributed by atoms with Crippen LogP contribution in [0.3, 0.4) is 0 Å². The smallest absolute Gasteiger partial charge is 0.264 e. The first-order valence-electron chi connectivity index (χ1n) is 11.1. The Bertz CT molecular complexity index is 1210. The van der Waals surface area contributed by atoms with Crippen LogP contribution in [0.1, 0.15) is 23.6 Å². The number of aryl methyl sites for hydroxylation is 2. The van der Waals surface area contributed by atoms with Gasteiger partial charge in [-0.3, -0.25) is 9.10 Å². The van der Waals surface area contributed by atoms with Crippen LogP contribution in [0.4, 0.5) is 5.69 Å². The number of anilines is 1. The van der Waals surface area contributed by atoms with Gasteiger partial charge in [0, 0.05) is 23.1 Å². The number of hydrogen-bond donors (Lipinski definition) is 1. The molecular weight excluding hydrogens is 488 g/mol. The van der Waals surface area contributed by atoms with Gasteiger partial charge in [0.05, 0.1) is 10.6 Å². The molecule has 1 N–H and O–H groups in total. The third-order valence-electron chi connectivity index (χ3n) is 5.32. The quantitative estimate of drug-likeness (QED) is 0.344. The van der Waals surface area contributed by atoms with Crippen LogP contribution in [-0.2, 0) is 27.0 Å². The van der Waals surface area contributed by atoms with Gasteiger partial charge in [-0.15, -0.1) is 0 Å². The Morgan fingerprint density at radius 3 is 2.29 bits per heavy atom. The Kier molecular flexibility index (Phi) is 9.45. The topological polar surface area (TPSA) is 66.5 Å². The van der Waals surface area contributed by atoms with E-state index >= 15 is 0 Å². The molecule has 3 aromatic carbocycles. The summed E-state index contributed by atoms with van der Waals surface area (Å²) >= 11 is 7.84. The van der Waals surface area contributed by atoms with Crippen LogP contribution in [0.25, 0.3) is 0 Å². The van der Waals surface area contributed by atoms with Crippen LogP contribution in [0.15, 0.2) is 77.7 Å². The fourth-order valence-corrected chi connectivity index (χ4v) is 6.04. The summed E-state index contributed by atoms with van der Waals surface area (Å²) in [6.07, 6.45) is 0.649. The van der Waals surface area contributed by atoms with Gasteiger partial charge in [-0.2, -0.15) is 11.8 Å². The van der Waals surface area contributed by atoms with Crippen LogP contribution in [0, 0.1) is 6.92 Å². The maximum Gasteiger partial charge on any atom is 0.264 e. The minimum absolute atomic E-state index is 0.159. The van der Waals surface area contributed by atoms with E-state index in [-0.39, 0.29) is 17.3 Å². The fraction of sp³-hybridized carbons (Fsp3) is 0.269. The Labute approximate surface area is 211 Å². The predicted molar refractivity (Wildman–Crippen MR) is 142 cm³/mol. The molecule has 0 radical (unpaired) electrons. The van der Waals surface area contributed by atoms with E-state index in [2.05, 4.69) is 5.32 Å². The predicted octanol–water partition coefficient (Wildman–Crippen LogP) is 5.46. The second-order valence-electron chi connectivity index (χ2n) is 7.80. The number of nitrogens with one attached hydrogen (secondary N) is 1. The van der Waals surface area contributed by atoms with E-state index < -0.39 is 10.0 Å². The molecule has 3 rings (SSSR count). The zero-order valence-electron chi connectivity index (χ0n) is 19.3. The second kappa shape index (κ2) is 12.3. The van der Waals surface area contributed by atoms with Gasteiger partial charge >= 0.3 is 0 Å². The lowest BCUT2D eigenvalue weighted by Gasteiger charge is -2.26. The monoisotopic (exact) mass is 516 g/mol. The van der Waals surface area contributed by atoms with Crippen molar-refractivity contribution < 1.29 is 13.2 Å². The van der Waals surface area contributed by atoms with Crippen LogP contribution in [0.5, 0.6) is 0 Å². The Morgan fingerprint density at radius 2 is 1.62 bits per heavy atom. The highest BCUT2D eigenvalue weighted by Crippen LogP contribution is 2.27. The molecule has 0 fully saturated rings. The number of carbonyl (C=O) groups excluding carboxylic acids is 1. The van der Waals surface area contributed by atoms with Crippen molar-refractivity contribution in [1.29, 1.82) is 0 Å². The minimum Gasteiger partial charge on any atom is -0.354 e. The van der Waals surface area contributed by atoms with Gasteiger partial charge in [-0.25, -0.2) is 8.42 Å². The number of thioether (sulfide) groups is 1. The summed E-state index contributed by atoms with van der Waals surface area (Å²) in [6.45, 7) is 4.01. The van der Waals surface area contributed by atoms with Crippen molar-refractivity contribution in [2.75, 3.05) is 23.1 Å². The summed E-state index contributed by atoms with van der Waals surface area (Å²) in [5.74, 6) is 1.08. The van der Waals surface area contributed by atoms with Gasteiger partial charge in [0.1, 0.15) is 6.54 Å². The van der Waals surface area contributed by atoms with Gasteiger partial charge in [-0.1, -0.05) is 72.6 Å². The fourth-order valence-electron chi connectivity index (χ4n) is 3.44. The molecule has 8 heteroatoms. The van der Waals surface area contributed by atoms with Gasteiger partial charge in [-0.05, 0) is 48.7 Å². The zero-order chi connectivity index (χ0) is 24.6. The lowest BCUT2D eigenvalue weighted by Crippen LogP contribution is -2.41. The summed E-state index contributed by atoms with van der Waals surface area (Å²) in [5, 5.41) is 3.58. The van der Waals surface area contributed by atoms with Crippen LogP contribution in [-0.4, -0.2) is 33.2 Å². The number of amides is 1. The van der Waals surface area contributed by atoms with Crippen molar-refractivity contribution in [3.05, 3.63) is 94.5 Å². The molecule has 0 saturated heterocycles. The minimum atomic E-state index is -3.92. The zero-order valence-corrected chi connectivity index (χ0v) is 21.7. The SMILES string of the molecule is CCc1ccccc1N(CC(=O)NCCSCc1ccccc1Cl)S(=O)(=O)c1ccc(C)cc1. The average Bonchev–Trinajstić information content (AvgIpc) is 2.83. The molecule has 0 bridgehead atoms. The van der Waals surface area contributed by atoms with E-state index in [9.17, 15) is 13.2 Å². The molecule has 1 amide bonds. The van der Waals surface area contributed by atoms with Crippen molar-refractivity contribution in [3.8, 4) is 0 Å². The summed E-state index contributed by atoms with van der Waals surface area (Å²) < 4.78 is 28.3. The summed E-state index contributed by atoms with van der Waals surface area (Å²) in [7, 11) is -3.92. The van der Waals surface area contributed by atoms with E-state index in [1.165, 1.54) is 4.31 Å². The molecule has 0 spiro atoms. The molecule has 0 heterocycles. The number of sulfonamides is 1. The molecule has 0 aliphatic carbocycles. The van der Waals surface area contributed by atoms with Crippen LogP contribution >= 0.6 is 23.4 Å². The molecular formula is C26H29ClN2O3S2. The van der Waals surface area contributed by atoms with Crippen molar-refractivity contribution in [1.82, 2.24) is 5.32 Å². The lowest BCUT2D eigenvalue weighted by atomic mass is 10.1. The van der Waals surface area contributed by atoms with E-state index in [1.54, 1.807) is 48.2 Å². The number of halogens is 1. The number of hydrogen-bond acceptors (Lipinski definition) is 4. The molecule has 0 atom stereocenters. The first-order valence-corrected chi connectivity index (χ1v) is 14.1. The largest absolute Gasteiger partial charge is 0.354 e. The number of benzene rings is 3. The highest BCUT2D eigenvalue weighted by atomic mass is 35.5. The average molecular weight is 517 g/mol. The Hall–Kier alpha value is -2.48. The maximum absolute atomic E-state index is 13.5. The molecule has 0 aromatic heterocycles. The van der Waals surface area contributed by atoms with Crippen molar-refractivity contribution in [2.45, 2.75) is 30.9 Å². The molecule has 5 nitrogen and oxygen atoms in total. The molecule has 3 aromatic rings. The third-order valence-corrected chi connectivity index (χ3v) is 8.47. The van der Waals surface area contributed by atoms with Gasteiger partial charge in [0.2, 0.25) is 5.91 Å². The van der Waals surface area contributed by atoms with Gasteiger partial charge in [0.15, 0.2) is 0 Å². The standard InChI is InChI=1S/C26H29ClN2O3S2/c1-3-21-8-5-7-11-25(21)29(34(31,32)23-14-12-20(2)13-15-23)18-26(30)28-16-17-33-19-22-9-4-6-10-24(22)27/h4-15H,3,16-19H2,1-2H3,(H,28,30). The second-order valence-corrected chi connectivity index (χ2v) is 11.2. The maximum atomic E-state index is 13.5. The van der Waals surface area contributed by atoms with Crippen LogP contribution < -0.4 is 9.62 Å². The first-order chi connectivity index (χ1) is 16.3. The highest BCUT2D eigenvalue weighted by molar-refractivity contribution is 7.98. The molecule has 0 aliphatic heterocycles. The van der Waals surface area contributed by atoms with E-state index in [1.807, 2.05) is 50.2 Å². The molecule has 0 aliphatic rings. The number of carbonyl (C=O) groups is 1. The molecule has 34 heavy (non-hydrogen) atoms. The normalized spacial score (nSPS) is 11.3. The van der Waals surface area contributed by atoms with Crippen molar-refractivity contribution in [3.63, 3.8) is 0 Å². The highest BCUT2D eigenvalue weighted by Gasteiger charge is 2.28. The summed E-state index contributed by atoms with van der Waals surface area (Å²) in [5.41, 5.74) is 3.40. The Balaban J connectivity index is 1.69. The molecule has 0 unspecified atom stereocenters. The third kappa shape index (κ3) is 6.78. The number of para-hydroxylation sites is 1. The van der Waals surface area contributed by atoms with Crippen molar-refractivity contribution in [2.24, 2.45) is 0 Å². The lowest BCUT2D eigenvalue weighted by molar-refractivity contribution is -0.119. The first kappa shape index (κ1) is 26.1. The Morgan fingerprint density at radius 1 is 0.971 bits per heavy atom. The van der Waals surface area contributed by atoms with Gasteiger partial charge < -0.3 is 5.32 Å². The van der Waals surface area contributed by atoms with Crippen LogP contribution in [0.2, 0.25) is 5.02 Å². The van der Waals surface area contributed by atoms with E-state index in [4.69, 9.17) is 11.6 Å². The molecule has 0 saturated carbocycles. The summed E-state index contributed by atoms with van der Waals surface area (Å²) in [4.78, 5) is 13.0. The summed E-state index contributed by atoms with van der Waals surface area (Å²) in [6, 6.07) is 21.6. The number of rotatable bonds is 11. The number of nitrogens with zero attached hydrogens (tertiary/aromatic N) is 1. The van der Waals surface area contributed by atoms with E-state index in [0.29, 0.717) is 24.4 Å². The van der Waals surface area contributed by atoms with Crippen molar-refractivity contribution >= 4 is 45.0 Å². The van der Waals surface area contributed by atoms with E-state index in [0.717, 1.165) is 27.5 Å².